The first kappa shape index (κ1) is 16.7. The van der Waals surface area contributed by atoms with Gasteiger partial charge in [-0.05, 0) is 61.6 Å². The molecule has 2 aromatic rings. The van der Waals surface area contributed by atoms with Crippen molar-refractivity contribution in [3.05, 3.63) is 58.8 Å². The highest BCUT2D eigenvalue weighted by atomic mass is 32.2. The molecule has 1 aromatic carbocycles. The van der Waals surface area contributed by atoms with Gasteiger partial charge in [-0.25, -0.2) is 4.98 Å². The van der Waals surface area contributed by atoms with Gasteiger partial charge in [0.1, 0.15) is 11.1 Å². The van der Waals surface area contributed by atoms with Crippen molar-refractivity contribution in [2.75, 3.05) is 0 Å². The monoisotopic (exact) mass is 348 g/mol. The van der Waals surface area contributed by atoms with E-state index in [4.69, 9.17) is 4.98 Å². The van der Waals surface area contributed by atoms with E-state index in [9.17, 15) is 5.26 Å². The zero-order valence-electron chi connectivity index (χ0n) is 14.6. The summed E-state index contributed by atoms with van der Waals surface area (Å²) in [6.07, 6.45) is 9.83. The standard InChI is InChI=1S/C22H24N2S/c23-15-19-14-18-8-4-5-9-20(18)24-22(19)25-21(13-12-16-10-11-16)17-6-2-1-3-7-17/h1-3,6-7,14,16,21H,4-5,8-13H2. The second-order valence-electron chi connectivity index (χ2n) is 7.30. The molecule has 0 bridgehead atoms. The number of benzene rings is 1. The Morgan fingerprint density at radius 2 is 1.96 bits per heavy atom. The van der Waals surface area contributed by atoms with Gasteiger partial charge in [0, 0.05) is 10.9 Å². The first-order valence-corrected chi connectivity index (χ1v) is 10.4. The molecule has 128 valence electrons. The number of aromatic nitrogens is 1. The van der Waals surface area contributed by atoms with Gasteiger partial charge in [-0.1, -0.05) is 54.9 Å². The Kier molecular flexibility index (Phi) is 5.08. The van der Waals surface area contributed by atoms with Crippen molar-refractivity contribution in [3.63, 3.8) is 0 Å². The van der Waals surface area contributed by atoms with Gasteiger partial charge < -0.3 is 0 Å². The van der Waals surface area contributed by atoms with Crippen molar-refractivity contribution < 1.29 is 0 Å². The van der Waals surface area contributed by atoms with Crippen LogP contribution in [0, 0.1) is 17.2 Å². The van der Waals surface area contributed by atoms with E-state index in [1.807, 2.05) is 0 Å². The fourth-order valence-corrected chi connectivity index (χ4v) is 4.89. The quantitative estimate of drug-likeness (QED) is 0.614. The molecular formula is C22H24N2S. The molecule has 1 fully saturated rings. The molecule has 1 atom stereocenters. The lowest BCUT2D eigenvalue weighted by molar-refractivity contribution is 0.652. The number of aryl methyl sites for hydroxylation is 2. The molecule has 2 aliphatic carbocycles. The van der Waals surface area contributed by atoms with Crippen LogP contribution in [-0.4, -0.2) is 4.98 Å². The van der Waals surface area contributed by atoms with E-state index in [1.165, 1.54) is 55.3 Å². The van der Waals surface area contributed by atoms with Crippen molar-refractivity contribution in [2.24, 2.45) is 5.92 Å². The second-order valence-corrected chi connectivity index (χ2v) is 8.50. The van der Waals surface area contributed by atoms with Crippen molar-refractivity contribution in [1.82, 2.24) is 4.98 Å². The summed E-state index contributed by atoms with van der Waals surface area (Å²) >= 11 is 1.80. The SMILES string of the molecule is N#Cc1cc2c(nc1SC(CCC1CC1)c1ccccc1)CCCC2. The maximum absolute atomic E-state index is 9.63. The molecular weight excluding hydrogens is 324 g/mol. The van der Waals surface area contributed by atoms with Crippen molar-refractivity contribution >= 4 is 11.8 Å². The number of nitrogens with zero attached hydrogens (tertiary/aromatic N) is 2. The molecule has 0 spiro atoms. The van der Waals surface area contributed by atoms with E-state index in [1.54, 1.807) is 11.8 Å². The minimum atomic E-state index is 0.392. The number of pyridine rings is 1. The fourth-order valence-electron chi connectivity index (χ4n) is 3.67. The summed E-state index contributed by atoms with van der Waals surface area (Å²) in [5.74, 6) is 0.929. The minimum absolute atomic E-state index is 0.392. The largest absolute Gasteiger partial charge is 0.245 e. The van der Waals surface area contributed by atoms with Crippen LogP contribution < -0.4 is 0 Å². The van der Waals surface area contributed by atoms with Crippen LogP contribution in [0.1, 0.15) is 66.2 Å². The topological polar surface area (TPSA) is 36.7 Å². The molecule has 1 aromatic heterocycles. The molecule has 0 aliphatic heterocycles. The summed E-state index contributed by atoms with van der Waals surface area (Å²) < 4.78 is 0. The smallest absolute Gasteiger partial charge is 0.115 e. The van der Waals surface area contributed by atoms with E-state index >= 15 is 0 Å². The Morgan fingerprint density at radius 1 is 1.16 bits per heavy atom. The Hall–Kier alpha value is -1.79. The maximum Gasteiger partial charge on any atom is 0.115 e. The summed E-state index contributed by atoms with van der Waals surface area (Å²) in [6, 6.07) is 15.2. The van der Waals surface area contributed by atoms with Gasteiger partial charge >= 0.3 is 0 Å². The number of hydrogen-bond donors (Lipinski definition) is 0. The fraction of sp³-hybridized carbons (Fsp3) is 0.455. The van der Waals surface area contributed by atoms with E-state index in [2.05, 4.69) is 42.5 Å². The molecule has 1 saturated carbocycles. The molecule has 25 heavy (non-hydrogen) atoms. The minimum Gasteiger partial charge on any atom is -0.245 e. The molecule has 1 heterocycles. The van der Waals surface area contributed by atoms with Crippen LogP contribution >= 0.6 is 11.8 Å². The van der Waals surface area contributed by atoms with Gasteiger partial charge in [0.05, 0.1) is 5.56 Å². The van der Waals surface area contributed by atoms with E-state index in [-0.39, 0.29) is 0 Å². The Bertz CT molecular complexity index is 775. The predicted molar refractivity (Wildman–Crippen MR) is 103 cm³/mol. The highest BCUT2D eigenvalue weighted by Gasteiger charge is 2.25. The summed E-state index contributed by atoms with van der Waals surface area (Å²) in [4.78, 5) is 4.93. The van der Waals surface area contributed by atoms with Crippen molar-refractivity contribution in [2.45, 2.75) is 61.6 Å². The Balaban J connectivity index is 1.61. The van der Waals surface area contributed by atoms with Crippen molar-refractivity contribution in [1.29, 1.82) is 5.26 Å². The second kappa shape index (κ2) is 7.62. The number of fused-ring (bicyclic) bond motifs is 1. The molecule has 4 rings (SSSR count). The van der Waals surface area contributed by atoms with Gasteiger partial charge in [-0.15, -0.1) is 0 Å². The molecule has 0 radical (unpaired) electrons. The van der Waals surface area contributed by atoms with E-state index < -0.39 is 0 Å². The Morgan fingerprint density at radius 3 is 2.72 bits per heavy atom. The zero-order valence-corrected chi connectivity index (χ0v) is 15.4. The van der Waals surface area contributed by atoms with Crippen molar-refractivity contribution in [3.8, 4) is 6.07 Å². The highest BCUT2D eigenvalue weighted by molar-refractivity contribution is 7.99. The lowest BCUT2D eigenvalue weighted by Gasteiger charge is -2.20. The van der Waals surface area contributed by atoms with Crippen LogP contribution in [0.4, 0.5) is 0 Å². The summed E-state index contributed by atoms with van der Waals surface area (Å²) in [5, 5.41) is 11.0. The van der Waals surface area contributed by atoms with E-state index in [0.717, 1.165) is 29.3 Å². The number of thioether (sulfide) groups is 1. The van der Waals surface area contributed by atoms with Gasteiger partial charge in [-0.3, -0.25) is 0 Å². The van der Waals surface area contributed by atoms with Gasteiger partial charge in [-0.2, -0.15) is 5.26 Å². The van der Waals surface area contributed by atoms with Gasteiger partial charge in [0.2, 0.25) is 0 Å². The third kappa shape index (κ3) is 4.07. The number of hydrogen-bond acceptors (Lipinski definition) is 3. The molecule has 0 amide bonds. The van der Waals surface area contributed by atoms with Gasteiger partial charge in [0.15, 0.2) is 0 Å². The normalized spacial score (nSPS) is 17.6. The molecule has 2 nitrogen and oxygen atoms in total. The van der Waals surface area contributed by atoms with Crippen LogP contribution in [0.2, 0.25) is 0 Å². The van der Waals surface area contributed by atoms with Crippen LogP contribution in [0.5, 0.6) is 0 Å². The van der Waals surface area contributed by atoms with E-state index in [0.29, 0.717) is 5.25 Å². The average molecular weight is 349 g/mol. The first-order valence-electron chi connectivity index (χ1n) is 9.48. The summed E-state index contributed by atoms with van der Waals surface area (Å²) in [6.45, 7) is 0. The summed E-state index contributed by atoms with van der Waals surface area (Å²) in [5.41, 5.74) is 4.64. The molecule has 1 unspecified atom stereocenters. The lowest BCUT2D eigenvalue weighted by Crippen LogP contribution is -2.08. The Labute approximate surface area is 154 Å². The molecule has 3 heteroatoms. The van der Waals surface area contributed by atoms with Crippen LogP contribution in [0.3, 0.4) is 0 Å². The molecule has 2 aliphatic rings. The number of nitriles is 1. The van der Waals surface area contributed by atoms with Crippen LogP contribution in [0.15, 0.2) is 41.4 Å². The number of rotatable bonds is 6. The lowest BCUT2D eigenvalue weighted by atomic mass is 9.95. The van der Waals surface area contributed by atoms with Gasteiger partial charge in [0.25, 0.3) is 0 Å². The first-order chi connectivity index (χ1) is 12.3. The average Bonchev–Trinajstić information content (AvgIpc) is 3.49. The molecule has 0 N–H and O–H groups in total. The summed E-state index contributed by atoms with van der Waals surface area (Å²) in [7, 11) is 0. The predicted octanol–water partition coefficient (Wildman–Crippen LogP) is 5.86. The third-order valence-corrected chi connectivity index (χ3v) is 6.67. The maximum atomic E-state index is 9.63. The molecule has 0 saturated heterocycles. The van der Waals surface area contributed by atoms with Crippen LogP contribution in [-0.2, 0) is 12.8 Å². The third-order valence-electron chi connectivity index (χ3n) is 5.35. The highest BCUT2D eigenvalue weighted by Crippen LogP contribution is 2.43. The zero-order chi connectivity index (χ0) is 17.1. The van der Waals surface area contributed by atoms with Crippen LogP contribution in [0.25, 0.3) is 0 Å².